The van der Waals surface area contributed by atoms with Gasteiger partial charge in [0.2, 0.25) is 5.91 Å². The standard InChI is InChI=1S/C15H14IN3O3/c1-10-7-11(16)5-6-14(10)18-15(20)9-17-12-3-2-4-13(8-12)19(21)22/h2-8,17H,9H2,1H3,(H,18,20). The van der Waals surface area contributed by atoms with Crippen LogP contribution < -0.4 is 10.6 Å². The molecule has 0 aliphatic carbocycles. The highest BCUT2D eigenvalue weighted by atomic mass is 127. The number of hydrogen-bond donors (Lipinski definition) is 2. The molecule has 0 bridgehead atoms. The normalized spacial score (nSPS) is 10.1. The lowest BCUT2D eigenvalue weighted by Crippen LogP contribution is -2.22. The number of nitrogens with zero attached hydrogens (tertiary/aromatic N) is 1. The first-order valence-electron chi connectivity index (χ1n) is 6.50. The van der Waals surface area contributed by atoms with Gasteiger partial charge in [-0.1, -0.05) is 6.07 Å². The van der Waals surface area contributed by atoms with Crippen LogP contribution >= 0.6 is 22.6 Å². The predicted octanol–water partition coefficient (Wildman–Crippen LogP) is 3.56. The van der Waals surface area contributed by atoms with Crippen molar-refractivity contribution in [3.8, 4) is 0 Å². The van der Waals surface area contributed by atoms with Crippen LogP contribution in [-0.2, 0) is 4.79 Å². The average molecular weight is 411 g/mol. The average Bonchev–Trinajstić information content (AvgIpc) is 2.48. The molecule has 0 aliphatic rings. The Kier molecular flexibility index (Phi) is 5.31. The van der Waals surface area contributed by atoms with Crippen LogP contribution in [0.25, 0.3) is 0 Å². The summed E-state index contributed by atoms with van der Waals surface area (Å²) in [6.07, 6.45) is 0. The summed E-state index contributed by atoms with van der Waals surface area (Å²) in [6.45, 7) is 1.96. The summed E-state index contributed by atoms with van der Waals surface area (Å²) >= 11 is 2.21. The molecule has 0 aliphatic heterocycles. The van der Waals surface area contributed by atoms with E-state index in [-0.39, 0.29) is 18.1 Å². The number of aryl methyl sites for hydroxylation is 1. The first kappa shape index (κ1) is 16.2. The van der Waals surface area contributed by atoms with Crippen molar-refractivity contribution in [1.29, 1.82) is 0 Å². The SMILES string of the molecule is Cc1cc(I)ccc1NC(=O)CNc1cccc([N+](=O)[O-])c1. The number of amides is 1. The number of rotatable bonds is 5. The third-order valence-electron chi connectivity index (χ3n) is 2.97. The zero-order chi connectivity index (χ0) is 16.1. The van der Waals surface area contributed by atoms with Crippen molar-refractivity contribution >= 4 is 45.6 Å². The van der Waals surface area contributed by atoms with E-state index in [1.54, 1.807) is 12.1 Å². The van der Waals surface area contributed by atoms with E-state index in [0.29, 0.717) is 5.69 Å². The van der Waals surface area contributed by atoms with E-state index in [9.17, 15) is 14.9 Å². The van der Waals surface area contributed by atoms with Crippen molar-refractivity contribution in [2.24, 2.45) is 0 Å². The molecule has 22 heavy (non-hydrogen) atoms. The molecule has 0 aromatic heterocycles. The van der Waals surface area contributed by atoms with Crippen LogP contribution in [0.3, 0.4) is 0 Å². The Morgan fingerprint density at radius 2 is 2.05 bits per heavy atom. The van der Waals surface area contributed by atoms with Gasteiger partial charge in [0.25, 0.3) is 5.69 Å². The predicted molar refractivity (Wildman–Crippen MR) is 94.1 cm³/mol. The number of non-ortho nitro benzene ring substituents is 1. The number of carbonyl (C=O) groups is 1. The Bertz CT molecular complexity index is 719. The molecule has 2 rings (SSSR count). The maximum Gasteiger partial charge on any atom is 0.271 e. The van der Waals surface area contributed by atoms with E-state index >= 15 is 0 Å². The number of halogens is 1. The fourth-order valence-corrected chi connectivity index (χ4v) is 2.52. The van der Waals surface area contributed by atoms with E-state index in [1.807, 2.05) is 25.1 Å². The molecule has 0 saturated carbocycles. The van der Waals surface area contributed by atoms with Gasteiger partial charge in [-0.3, -0.25) is 14.9 Å². The van der Waals surface area contributed by atoms with Crippen molar-refractivity contribution in [3.63, 3.8) is 0 Å². The summed E-state index contributed by atoms with van der Waals surface area (Å²) in [5.74, 6) is -0.212. The molecule has 0 atom stereocenters. The summed E-state index contributed by atoms with van der Waals surface area (Å²) in [7, 11) is 0. The molecule has 0 saturated heterocycles. The van der Waals surface area contributed by atoms with Gasteiger partial charge < -0.3 is 10.6 Å². The molecule has 1 amide bonds. The van der Waals surface area contributed by atoms with Crippen LogP contribution in [0, 0.1) is 20.6 Å². The fraction of sp³-hybridized carbons (Fsp3) is 0.133. The lowest BCUT2D eigenvalue weighted by Gasteiger charge is -2.10. The first-order valence-corrected chi connectivity index (χ1v) is 7.58. The van der Waals surface area contributed by atoms with Crippen LogP contribution in [0.1, 0.15) is 5.56 Å². The summed E-state index contributed by atoms with van der Waals surface area (Å²) in [5.41, 5.74) is 2.25. The summed E-state index contributed by atoms with van der Waals surface area (Å²) in [5, 5.41) is 16.4. The lowest BCUT2D eigenvalue weighted by atomic mass is 10.2. The van der Waals surface area contributed by atoms with Crippen LogP contribution in [0.15, 0.2) is 42.5 Å². The van der Waals surface area contributed by atoms with Crippen molar-refractivity contribution in [2.75, 3.05) is 17.2 Å². The second-order valence-electron chi connectivity index (χ2n) is 4.67. The molecular formula is C15H14IN3O3. The number of anilines is 2. The van der Waals surface area contributed by atoms with Gasteiger partial charge in [-0.05, 0) is 59.3 Å². The minimum atomic E-state index is -0.472. The fourth-order valence-electron chi connectivity index (χ4n) is 1.87. The van der Waals surface area contributed by atoms with Crippen molar-refractivity contribution in [3.05, 3.63) is 61.7 Å². The Labute approximate surface area is 141 Å². The summed E-state index contributed by atoms with van der Waals surface area (Å²) in [6, 6.07) is 11.8. The third-order valence-corrected chi connectivity index (χ3v) is 3.64. The van der Waals surface area contributed by atoms with E-state index in [1.165, 1.54) is 12.1 Å². The number of nitro benzene ring substituents is 1. The second kappa shape index (κ2) is 7.21. The molecule has 114 valence electrons. The van der Waals surface area contributed by atoms with Gasteiger partial charge in [-0.15, -0.1) is 0 Å². The zero-order valence-corrected chi connectivity index (χ0v) is 14.0. The van der Waals surface area contributed by atoms with E-state index < -0.39 is 4.92 Å². The molecule has 0 spiro atoms. The molecule has 0 fully saturated rings. The quantitative estimate of drug-likeness (QED) is 0.448. The Balaban J connectivity index is 1.95. The molecule has 0 radical (unpaired) electrons. The smallest absolute Gasteiger partial charge is 0.271 e. The molecular weight excluding hydrogens is 397 g/mol. The third kappa shape index (κ3) is 4.42. The van der Waals surface area contributed by atoms with Gasteiger partial charge in [0.05, 0.1) is 11.5 Å². The highest BCUT2D eigenvalue weighted by molar-refractivity contribution is 14.1. The van der Waals surface area contributed by atoms with Gasteiger partial charge in [0.15, 0.2) is 0 Å². The topological polar surface area (TPSA) is 84.3 Å². The van der Waals surface area contributed by atoms with E-state index in [0.717, 1.165) is 14.8 Å². The van der Waals surface area contributed by atoms with Crippen LogP contribution in [0.5, 0.6) is 0 Å². The van der Waals surface area contributed by atoms with Crippen molar-refractivity contribution < 1.29 is 9.72 Å². The van der Waals surface area contributed by atoms with Crippen LogP contribution in [-0.4, -0.2) is 17.4 Å². The molecule has 2 aromatic rings. The zero-order valence-electron chi connectivity index (χ0n) is 11.8. The van der Waals surface area contributed by atoms with Crippen molar-refractivity contribution in [2.45, 2.75) is 6.92 Å². The minimum Gasteiger partial charge on any atom is -0.376 e. The van der Waals surface area contributed by atoms with Gasteiger partial charge in [0.1, 0.15) is 0 Å². The Morgan fingerprint density at radius 1 is 1.27 bits per heavy atom. The first-order chi connectivity index (χ1) is 10.5. The monoisotopic (exact) mass is 411 g/mol. The molecule has 0 heterocycles. The number of hydrogen-bond acceptors (Lipinski definition) is 4. The van der Waals surface area contributed by atoms with Gasteiger partial charge in [-0.25, -0.2) is 0 Å². The van der Waals surface area contributed by atoms with Gasteiger partial charge >= 0.3 is 0 Å². The highest BCUT2D eigenvalue weighted by Crippen LogP contribution is 2.18. The molecule has 6 nitrogen and oxygen atoms in total. The van der Waals surface area contributed by atoms with Crippen molar-refractivity contribution in [1.82, 2.24) is 0 Å². The van der Waals surface area contributed by atoms with Crippen LogP contribution in [0.2, 0.25) is 0 Å². The Morgan fingerprint density at radius 3 is 2.73 bits per heavy atom. The summed E-state index contributed by atoms with van der Waals surface area (Å²) in [4.78, 5) is 22.2. The Hall–Kier alpha value is -2.16. The maximum atomic E-state index is 11.9. The van der Waals surface area contributed by atoms with E-state index in [4.69, 9.17) is 0 Å². The van der Waals surface area contributed by atoms with E-state index in [2.05, 4.69) is 33.2 Å². The molecule has 0 unspecified atom stereocenters. The second-order valence-corrected chi connectivity index (χ2v) is 5.91. The minimum absolute atomic E-state index is 0.0149. The number of carbonyl (C=O) groups excluding carboxylic acids is 1. The molecule has 2 aromatic carbocycles. The van der Waals surface area contributed by atoms with Crippen LogP contribution in [0.4, 0.5) is 17.1 Å². The van der Waals surface area contributed by atoms with Gasteiger partial charge in [0, 0.05) is 27.1 Å². The molecule has 2 N–H and O–H groups in total. The number of nitro groups is 1. The van der Waals surface area contributed by atoms with Gasteiger partial charge in [-0.2, -0.15) is 0 Å². The lowest BCUT2D eigenvalue weighted by molar-refractivity contribution is -0.384. The maximum absolute atomic E-state index is 11.9. The largest absolute Gasteiger partial charge is 0.376 e. The number of benzene rings is 2. The highest BCUT2D eigenvalue weighted by Gasteiger charge is 2.08. The summed E-state index contributed by atoms with van der Waals surface area (Å²) < 4.78 is 1.10. The molecule has 7 heteroatoms. The number of nitrogens with one attached hydrogen (secondary N) is 2.